The molecule has 224 valence electrons. The van der Waals surface area contributed by atoms with Crippen molar-refractivity contribution in [3.8, 4) is 5.88 Å². The zero-order valence-corrected chi connectivity index (χ0v) is 23.8. The molecule has 0 amide bonds. The predicted octanol–water partition coefficient (Wildman–Crippen LogP) is 1.40. The van der Waals surface area contributed by atoms with Gasteiger partial charge in [0.1, 0.15) is 5.69 Å². The van der Waals surface area contributed by atoms with Crippen LogP contribution in [0.4, 0.5) is 11.5 Å². The molecule has 1 unspecified atom stereocenters. The average Bonchev–Trinajstić information content (AvgIpc) is 3.50. The van der Waals surface area contributed by atoms with Gasteiger partial charge in [0.15, 0.2) is 23.3 Å². The summed E-state index contributed by atoms with van der Waals surface area (Å²) in [6, 6.07) is 0. The van der Waals surface area contributed by atoms with E-state index >= 15 is 0 Å². The van der Waals surface area contributed by atoms with Gasteiger partial charge in [-0.1, -0.05) is 0 Å². The molecule has 0 fully saturated rings. The van der Waals surface area contributed by atoms with Gasteiger partial charge in [0.25, 0.3) is 5.88 Å². The molecule has 0 aliphatic heterocycles. The van der Waals surface area contributed by atoms with E-state index in [0.29, 0.717) is 108 Å². The highest BCUT2D eigenvalue weighted by Gasteiger charge is 2.16. The Hall–Kier alpha value is -2.63. The Kier molecular flexibility index (Phi) is 14.3. The standard InChI is InChI=1S/C24H38ClN7O8/c1-18(33)40-15-14-39-13-12-38-11-10-37-9-8-36-7-6-35-5-4-32-16-19(23(30-32)34-3)27-21-20-22(29-24(25)28-21)31(2)17-26-20/h16-18,33H,4-15H2,1-3H3,(H,27,28,29). The van der Waals surface area contributed by atoms with Gasteiger partial charge in [-0.15, -0.1) is 5.10 Å². The lowest BCUT2D eigenvalue weighted by atomic mass is 10.4. The fourth-order valence-corrected chi connectivity index (χ4v) is 3.53. The van der Waals surface area contributed by atoms with Crippen LogP contribution in [0.1, 0.15) is 6.92 Å². The van der Waals surface area contributed by atoms with Gasteiger partial charge in [0.2, 0.25) is 5.28 Å². The van der Waals surface area contributed by atoms with Gasteiger partial charge in [-0.05, 0) is 18.5 Å². The van der Waals surface area contributed by atoms with Crippen LogP contribution in [0.25, 0.3) is 11.2 Å². The summed E-state index contributed by atoms with van der Waals surface area (Å²) in [4.78, 5) is 12.8. The first kappa shape index (κ1) is 31.9. The first-order valence-corrected chi connectivity index (χ1v) is 13.3. The van der Waals surface area contributed by atoms with Gasteiger partial charge >= 0.3 is 0 Å². The van der Waals surface area contributed by atoms with E-state index in [1.54, 1.807) is 35.8 Å². The van der Waals surface area contributed by atoms with Gasteiger partial charge in [-0.2, -0.15) is 9.97 Å². The second kappa shape index (κ2) is 17.9. The topological polar surface area (TPSA) is 158 Å². The quantitative estimate of drug-likeness (QED) is 0.0987. The van der Waals surface area contributed by atoms with Crippen LogP contribution in [-0.4, -0.2) is 120 Å². The number of aryl methyl sites for hydroxylation is 1. The zero-order valence-electron chi connectivity index (χ0n) is 23.1. The summed E-state index contributed by atoms with van der Waals surface area (Å²) < 4.78 is 41.1. The minimum atomic E-state index is -0.776. The molecule has 0 saturated heterocycles. The lowest BCUT2D eigenvalue weighted by molar-refractivity contribution is -0.102. The number of imidazole rings is 1. The fourth-order valence-electron chi connectivity index (χ4n) is 3.37. The van der Waals surface area contributed by atoms with E-state index in [2.05, 4.69) is 25.4 Å². The van der Waals surface area contributed by atoms with E-state index in [9.17, 15) is 0 Å². The molecule has 0 aliphatic carbocycles. The number of aliphatic hydroxyl groups is 1. The number of aromatic nitrogens is 6. The molecule has 0 spiro atoms. The lowest BCUT2D eigenvalue weighted by Crippen LogP contribution is -2.15. The Morgan fingerprint density at radius 2 is 1.48 bits per heavy atom. The van der Waals surface area contributed by atoms with Crippen LogP contribution < -0.4 is 10.1 Å². The fraction of sp³-hybridized carbons (Fsp3) is 0.667. The Bertz CT molecular complexity index is 1130. The SMILES string of the molecule is COc1nn(CCOCCOCCOCCOCCOCCOC(C)O)cc1Nc1nc(Cl)nc2c1ncn2C. The highest BCUT2D eigenvalue weighted by Crippen LogP contribution is 2.29. The molecule has 0 aromatic carbocycles. The predicted molar refractivity (Wildman–Crippen MR) is 145 cm³/mol. The van der Waals surface area contributed by atoms with Gasteiger partial charge in [0.05, 0.1) is 98.9 Å². The molecule has 40 heavy (non-hydrogen) atoms. The van der Waals surface area contributed by atoms with Crippen molar-refractivity contribution >= 4 is 34.3 Å². The molecule has 1 atom stereocenters. The number of hydrogen-bond acceptors (Lipinski definition) is 13. The zero-order chi connectivity index (χ0) is 28.6. The van der Waals surface area contributed by atoms with E-state index in [1.165, 1.54) is 0 Å². The third-order valence-corrected chi connectivity index (χ3v) is 5.42. The molecule has 16 heteroatoms. The van der Waals surface area contributed by atoms with Crippen LogP contribution in [-0.2, 0) is 42.0 Å². The number of rotatable bonds is 22. The number of methoxy groups -OCH3 is 1. The third-order valence-electron chi connectivity index (χ3n) is 5.25. The van der Waals surface area contributed by atoms with Gasteiger partial charge in [-0.3, -0.25) is 4.68 Å². The first-order valence-electron chi connectivity index (χ1n) is 12.9. The lowest BCUT2D eigenvalue weighted by Gasteiger charge is -2.09. The minimum absolute atomic E-state index is 0.107. The molecule has 15 nitrogen and oxygen atoms in total. The average molecular weight is 588 g/mol. The Balaban J connectivity index is 1.21. The maximum atomic E-state index is 8.95. The maximum Gasteiger partial charge on any atom is 0.256 e. The molecule has 3 rings (SSSR count). The second-order valence-corrected chi connectivity index (χ2v) is 8.68. The monoisotopic (exact) mass is 587 g/mol. The number of nitrogens with one attached hydrogen (secondary N) is 1. The third kappa shape index (κ3) is 11.1. The van der Waals surface area contributed by atoms with Crippen molar-refractivity contribution in [2.75, 3.05) is 85.1 Å². The van der Waals surface area contributed by atoms with E-state index in [-0.39, 0.29) is 5.28 Å². The van der Waals surface area contributed by atoms with Crippen molar-refractivity contribution in [2.45, 2.75) is 19.8 Å². The molecular formula is C24H38ClN7O8. The molecular weight excluding hydrogens is 550 g/mol. The smallest absolute Gasteiger partial charge is 0.256 e. The molecule has 3 heterocycles. The Morgan fingerprint density at radius 3 is 2.05 bits per heavy atom. The Labute approximate surface area is 237 Å². The highest BCUT2D eigenvalue weighted by atomic mass is 35.5. The summed E-state index contributed by atoms with van der Waals surface area (Å²) in [5, 5.41) is 16.7. The number of halogens is 1. The van der Waals surface area contributed by atoms with Crippen LogP contribution in [0.5, 0.6) is 5.88 Å². The van der Waals surface area contributed by atoms with Crippen LogP contribution in [0.2, 0.25) is 5.28 Å². The minimum Gasteiger partial charge on any atom is -0.478 e. The number of nitrogens with zero attached hydrogens (tertiary/aromatic N) is 6. The summed E-state index contributed by atoms with van der Waals surface area (Å²) in [7, 11) is 3.37. The van der Waals surface area contributed by atoms with E-state index < -0.39 is 6.29 Å². The van der Waals surface area contributed by atoms with Crippen LogP contribution in [0, 0.1) is 0 Å². The van der Waals surface area contributed by atoms with Gasteiger partial charge < -0.3 is 48.1 Å². The normalized spacial score (nSPS) is 12.3. The highest BCUT2D eigenvalue weighted by molar-refractivity contribution is 6.28. The van der Waals surface area contributed by atoms with E-state index in [4.69, 9.17) is 49.9 Å². The number of aliphatic hydroxyl groups excluding tert-OH is 1. The van der Waals surface area contributed by atoms with Crippen molar-refractivity contribution in [3.05, 3.63) is 17.8 Å². The number of ether oxygens (including phenoxy) is 7. The largest absolute Gasteiger partial charge is 0.478 e. The summed E-state index contributed by atoms with van der Waals surface area (Å²) in [6.07, 6.45) is 2.67. The molecule has 0 aliphatic rings. The van der Waals surface area contributed by atoms with E-state index in [1.807, 2.05) is 7.05 Å². The van der Waals surface area contributed by atoms with Crippen molar-refractivity contribution in [1.82, 2.24) is 29.3 Å². The number of hydrogen-bond donors (Lipinski definition) is 2. The molecule has 0 bridgehead atoms. The van der Waals surface area contributed by atoms with Crippen molar-refractivity contribution in [2.24, 2.45) is 7.05 Å². The Morgan fingerprint density at radius 1 is 0.900 bits per heavy atom. The summed E-state index contributed by atoms with van der Waals surface area (Å²) in [6.45, 7) is 7.03. The summed E-state index contributed by atoms with van der Waals surface area (Å²) in [5.41, 5.74) is 1.81. The first-order chi connectivity index (χ1) is 19.5. The van der Waals surface area contributed by atoms with Gasteiger partial charge in [0, 0.05) is 7.05 Å². The summed E-state index contributed by atoms with van der Waals surface area (Å²) in [5.74, 6) is 0.861. The molecule has 3 aromatic heterocycles. The summed E-state index contributed by atoms with van der Waals surface area (Å²) >= 11 is 6.08. The van der Waals surface area contributed by atoms with Gasteiger partial charge in [-0.25, -0.2) is 4.98 Å². The molecule has 0 radical (unpaired) electrons. The number of fused-ring (bicyclic) bond motifs is 1. The molecule has 3 aromatic rings. The van der Waals surface area contributed by atoms with Crippen LogP contribution in [0.15, 0.2) is 12.5 Å². The molecule has 2 N–H and O–H groups in total. The van der Waals surface area contributed by atoms with Crippen molar-refractivity contribution in [3.63, 3.8) is 0 Å². The second-order valence-electron chi connectivity index (χ2n) is 8.34. The van der Waals surface area contributed by atoms with E-state index in [0.717, 1.165) is 0 Å². The van der Waals surface area contributed by atoms with Crippen LogP contribution >= 0.6 is 11.6 Å². The number of anilines is 2. The molecule has 0 saturated carbocycles. The van der Waals surface area contributed by atoms with Crippen molar-refractivity contribution < 1.29 is 38.3 Å². The van der Waals surface area contributed by atoms with Crippen molar-refractivity contribution in [1.29, 1.82) is 0 Å². The van der Waals surface area contributed by atoms with Crippen LogP contribution in [0.3, 0.4) is 0 Å². The maximum absolute atomic E-state index is 8.95.